The minimum absolute atomic E-state index is 0.119. The van der Waals surface area contributed by atoms with Crippen molar-refractivity contribution in [3.63, 3.8) is 0 Å². The third-order valence-corrected chi connectivity index (χ3v) is 4.59. The number of amides is 1. The number of hydrogen-bond donors (Lipinski definition) is 1. The molecule has 0 bridgehead atoms. The van der Waals surface area contributed by atoms with Crippen molar-refractivity contribution in [1.29, 1.82) is 0 Å². The zero-order chi connectivity index (χ0) is 14.0. The number of benzene rings is 1. The molecule has 19 heavy (non-hydrogen) atoms. The lowest BCUT2D eigenvalue weighted by Crippen LogP contribution is -2.22. The zero-order valence-electron chi connectivity index (χ0n) is 10.6. The van der Waals surface area contributed by atoms with E-state index in [0.717, 1.165) is 9.35 Å². The summed E-state index contributed by atoms with van der Waals surface area (Å²) in [7, 11) is 0. The van der Waals surface area contributed by atoms with E-state index < -0.39 is 0 Å². The molecule has 100 valence electrons. The fourth-order valence-electron chi connectivity index (χ4n) is 1.69. The fourth-order valence-corrected chi connectivity index (χ4v) is 3.54. The maximum absolute atomic E-state index is 12.0. The van der Waals surface area contributed by atoms with Crippen LogP contribution in [0.15, 0.2) is 28.7 Å². The zero-order valence-corrected chi connectivity index (χ0v) is 13.7. The summed E-state index contributed by atoms with van der Waals surface area (Å²) in [6.45, 7) is 4.70. The summed E-state index contributed by atoms with van der Waals surface area (Å²) in [6.07, 6.45) is 0. The lowest BCUT2D eigenvalue weighted by Gasteiger charge is -2.05. The first-order valence-electron chi connectivity index (χ1n) is 5.76. The molecular weight excluding hydrogens is 346 g/mol. The number of rotatable bonds is 3. The predicted octanol–water partition coefficient (Wildman–Crippen LogP) is 4.71. The van der Waals surface area contributed by atoms with Gasteiger partial charge in [-0.15, -0.1) is 11.3 Å². The third kappa shape index (κ3) is 3.81. The van der Waals surface area contributed by atoms with Crippen molar-refractivity contribution in [3.8, 4) is 0 Å². The van der Waals surface area contributed by atoms with Crippen molar-refractivity contribution in [2.75, 3.05) is 0 Å². The lowest BCUT2D eigenvalue weighted by molar-refractivity contribution is 0.0951. The van der Waals surface area contributed by atoms with Crippen LogP contribution in [0.2, 0.25) is 5.02 Å². The standard InChI is InChI=1S/C14H13BrClNOS/c1-8-3-13(19-9(8)2)7-17-14(18)10-4-11(15)6-12(16)5-10/h3-6H,7H2,1-2H3,(H,17,18). The summed E-state index contributed by atoms with van der Waals surface area (Å²) in [5.74, 6) is -0.119. The molecule has 0 aliphatic rings. The molecule has 0 aliphatic carbocycles. The molecule has 2 rings (SSSR count). The van der Waals surface area contributed by atoms with E-state index in [0.29, 0.717) is 17.1 Å². The van der Waals surface area contributed by atoms with Crippen molar-refractivity contribution >= 4 is 44.8 Å². The van der Waals surface area contributed by atoms with Crippen LogP contribution in [-0.2, 0) is 6.54 Å². The largest absolute Gasteiger partial charge is 0.347 e. The lowest BCUT2D eigenvalue weighted by atomic mass is 10.2. The normalized spacial score (nSPS) is 10.5. The molecule has 1 aromatic heterocycles. The summed E-state index contributed by atoms with van der Waals surface area (Å²) < 4.78 is 0.799. The molecule has 1 N–H and O–H groups in total. The van der Waals surface area contributed by atoms with Crippen LogP contribution >= 0.6 is 38.9 Å². The number of halogens is 2. The number of aryl methyl sites for hydroxylation is 2. The molecular formula is C14H13BrClNOS. The Hall–Kier alpha value is -0.840. The number of carbonyl (C=O) groups excluding carboxylic acids is 1. The summed E-state index contributed by atoms with van der Waals surface area (Å²) in [4.78, 5) is 14.5. The van der Waals surface area contributed by atoms with Gasteiger partial charge in [-0.2, -0.15) is 0 Å². The Morgan fingerprint density at radius 3 is 2.63 bits per heavy atom. The fraction of sp³-hybridized carbons (Fsp3) is 0.214. The smallest absolute Gasteiger partial charge is 0.251 e. The predicted molar refractivity (Wildman–Crippen MR) is 84.1 cm³/mol. The van der Waals surface area contributed by atoms with Gasteiger partial charge in [0, 0.05) is 24.8 Å². The molecule has 0 unspecified atom stereocenters. The Morgan fingerprint density at radius 1 is 1.32 bits per heavy atom. The van der Waals surface area contributed by atoms with Crippen LogP contribution in [0.3, 0.4) is 0 Å². The first-order valence-corrected chi connectivity index (χ1v) is 7.74. The van der Waals surface area contributed by atoms with Crippen LogP contribution in [0.25, 0.3) is 0 Å². The Labute approximate surface area is 129 Å². The van der Waals surface area contributed by atoms with Crippen LogP contribution in [0.1, 0.15) is 25.7 Å². The van der Waals surface area contributed by atoms with E-state index in [2.05, 4.69) is 41.2 Å². The summed E-state index contributed by atoms with van der Waals surface area (Å²) in [5, 5.41) is 3.45. The summed E-state index contributed by atoms with van der Waals surface area (Å²) in [5.41, 5.74) is 1.82. The van der Waals surface area contributed by atoms with Crippen molar-refractivity contribution in [1.82, 2.24) is 5.32 Å². The summed E-state index contributed by atoms with van der Waals surface area (Å²) >= 11 is 11.0. The molecule has 0 spiro atoms. The van der Waals surface area contributed by atoms with E-state index in [-0.39, 0.29) is 5.91 Å². The highest BCUT2D eigenvalue weighted by atomic mass is 79.9. The molecule has 0 radical (unpaired) electrons. The third-order valence-electron chi connectivity index (χ3n) is 2.76. The van der Waals surface area contributed by atoms with Gasteiger partial charge in [-0.1, -0.05) is 27.5 Å². The minimum Gasteiger partial charge on any atom is -0.347 e. The van der Waals surface area contributed by atoms with Crippen LogP contribution in [0.5, 0.6) is 0 Å². The molecule has 0 fully saturated rings. The van der Waals surface area contributed by atoms with E-state index in [1.807, 2.05) is 0 Å². The van der Waals surface area contributed by atoms with Crippen LogP contribution in [0.4, 0.5) is 0 Å². The van der Waals surface area contributed by atoms with Crippen molar-refractivity contribution < 1.29 is 4.79 Å². The van der Waals surface area contributed by atoms with Gasteiger partial charge in [-0.05, 0) is 43.7 Å². The van der Waals surface area contributed by atoms with Crippen LogP contribution in [0, 0.1) is 13.8 Å². The summed E-state index contributed by atoms with van der Waals surface area (Å²) in [6, 6.07) is 7.27. The first-order chi connectivity index (χ1) is 8.95. The number of hydrogen-bond acceptors (Lipinski definition) is 2. The maximum Gasteiger partial charge on any atom is 0.251 e. The van der Waals surface area contributed by atoms with Crippen LogP contribution in [-0.4, -0.2) is 5.91 Å². The van der Waals surface area contributed by atoms with Crippen molar-refractivity contribution in [3.05, 3.63) is 54.6 Å². The monoisotopic (exact) mass is 357 g/mol. The highest BCUT2D eigenvalue weighted by molar-refractivity contribution is 9.10. The average molecular weight is 359 g/mol. The van der Waals surface area contributed by atoms with E-state index in [9.17, 15) is 4.79 Å². The molecule has 0 saturated heterocycles. The van der Waals surface area contributed by atoms with E-state index in [1.165, 1.54) is 10.4 Å². The maximum atomic E-state index is 12.0. The van der Waals surface area contributed by atoms with Crippen LogP contribution < -0.4 is 5.32 Å². The van der Waals surface area contributed by atoms with E-state index >= 15 is 0 Å². The van der Waals surface area contributed by atoms with Gasteiger partial charge in [0.2, 0.25) is 0 Å². The van der Waals surface area contributed by atoms with Gasteiger partial charge >= 0.3 is 0 Å². The average Bonchev–Trinajstić information content (AvgIpc) is 2.64. The molecule has 2 nitrogen and oxygen atoms in total. The minimum atomic E-state index is -0.119. The second-order valence-corrected chi connectivity index (χ2v) is 6.99. The topological polar surface area (TPSA) is 29.1 Å². The Kier molecular flexibility index (Phi) is 4.66. The highest BCUT2D eigenvalue weighted by Crippen LogP contribution is 2.21. The second kappa shape index (κ2) is 6.07. The Balaban J connectivity index is 2.05. The second-order valence-electron chi connectivity index (χ2n) is 4.29. The number of nitrogens with one attached hydrogen (secondary N) is 1. The Morgan fingerprint density at radius 2 is 2.05 bits per heavy atom. The van der Waals surface area contributed by atoms with Gasteiger partial charge in [0.25, 0.3) is 5.91 Å². The van der Waals surface area contributed by atoms with Gasteiger partial charge in [0.15, 0.2) is 0 Å². The molecule has 1 amide bonds. The van der Waals surface area contributed by atoms with Gasteiger partial charge in [-0.25, -0.2) is 0 Å². The highest BCUT2D eigenvalue weighted by Gasteiger charge is 2.08. The number of carbonyl (C=O) groups is 1. The van der Waals surface area contributed by atoms with Crippen molar-refractivity contribution in [2.24, 2.45) is 0 Å². The first kappa shape index (κ1) is 14.6. The van der Waals surface area contributed by atoms with Crippen molar-refractivity contribution in [2.45, 2.75) is 20.4 Å². The van der Waals surface area contributed by atoms with Gasteiger partial charge in [0.05, 0.1) is 6.54 Å². The number of thiophene rings is 1. The molecule has 0 atom stereocenters. The quantitative estimate of drug-likeness (QED) is 0.846. The van der Waals surface area contributed by atoms with Gasteiger partial charge in [-0.3, -0.25) is 4.79 Å². The van der Waals surface area contributed by atoms with E-state index in [1.54, 1.807) is 29.5 Å². The molecule has 0 aliphatic heterocycles. The molecule has 5 heteroatoms. The molecule has 1 aromatic carbocycles. The molecule has 0 saturated carbocycles. The van der Waals surface area contributed by atoms with E-state index in [4.69, 9.17) is 11.6 Å². The van der Waals surface area contributed by atoms with Gasteiger partial charge in [0.1, 0.15) is 0 Å². The SMILES string of the molecule is Cc1cc(CNC(=O)c2cc(Cl)cc(Br)c2)sc1C. The molecule has 1 heterocycles. The molecule has 2 aromatic rings. The van der Waals surface area contributed by atoms with Gasteiger partial charge < -0.3 is 5.32 Å². The Bertz CT molecular complexity index is 584.